The number of anilines is 1. The number of hydrogen-bond acceptors (Lipinski definition) is 4. The molecule has 3 atom stereocenters. The number of para-hydroxylation sites is 1. The molecule has 2 aromatic rings. The van der Waals surface area contributed by atoms with Crippen LogP contribution in [-0.2, 0) is 9.53 Å². The van der Waals surface area contributed by atoms with Gasteiger partial charge in [0, 0.05) is 5.69 Å². The van der Waals surface area contributed by atoms with Crippen molar-refractivity contribution >= 4 is 11.6 Å². The molecule has 5 heteroatoms. The number of rotatable bonds is 4. The van der Waals surface area contributed by atoms with Crippen molar-refractivity contribution in [2.75, 3.05) is 5.32 Å². The third-order valence-corrected chi connectivity index (χ3v) is 4.80. The van der Waals surface area contributed by atoms with Gasteiger partial charge in [-0.3, -0.25) is 4.79 Å². The Kier molecular flexibility index (Phi) is 4.12. The quantitative estimate of drug-likeness (QED) is 0.922. The van der Waals surface area contributed by atoms with Crippen LogP contribution in [0.25, 0.3) is 0 Å². The Morgan fingerprint density at radius 1 is 1.16 bits per heavy atom. The van der Waals surface area contributed by atoms with Crippen molar-refractivity contribution in [3.8, 4) is 17.6 Å². The second-order valence-electron chi connectivity index (χ2n) is 6.44. The van der Waals surface area contributed by atoms with Crippen molar-refractivity contribution in [2.24, 2.45) is 5.92 Å². The lowest BCUT2D eigenvalue weighted by molar-refractivity contribution is -0.121. The molecule has 2 heterocycles. The first-order chi connectivity index (χ1) is 12.2. The molecule has 0 spiro atoms. The van der Waals surface area contributed by atoms with Crippen LogP contribution in [0.4, 0.5) is 5.69 Å². The zero-order chi connectivity index (χ0) is 17.2. The number of carbonyl (C=O) groups is 1. The number of benzene rings is 2. The Hall–Kier alpha value is -2.84. The number of ether oxygens (including phenoxy) is 2. The second-order valence-corrected chi connectivity index (χ2v) is 6.44. The number of nitriles is 1. The van der Waals surface area contributed by atoms with E-state index >= 15 is 0 Å². The molecule has 0 radical (unpaired) electrons. The summed E-state index contributed by atoms with van der Waals surface area (Å²) in [6, 6.07) is 16.3. The van der Waals surface area contributed by atoms with Gasteiger partial charge in [0.15, 0.2) is 0 Å². The predicted molar refractivity (Wildman–Crippen MR) is 92.3 cm³/mol. The SMILES string of the molecule is N#Cc1ccccc1Oc1ccc(NC(=O)C2CC3CCC2O3)cc1. The summed E-state index contributed by atoms with van der Waals surface area (Å²) in [7, 11) is 0. The lowest BCUT2D eigenvalue weighted by Gasteiger charge is -2.18. The molecule has 2 fully saturated rings. The van der Waals surface area contributed by atoms with E-state index in [4.69, 9.17) is 14.7 Å². The Bertz CT molecular complexity index is 826. The van der Waals surface area contributed by atoms with E-state index < -0.39 is 0 Å². The van der Waals surface area contributed by atoms with E-state index in [0.29, 0.717) is 17.1 Å². The molecule has 1 amide bonds. The third-order valence-electron chi connectivity index (χ3n) is 4.80. The Balaban J connectivity index is 1.40. The Morgan fingerprint density at radius 3 is 2.64 bits per heavy atom. The maximum absolute atomic E-state index is 12.4. The highest BCUT2D eigenvalue weighted by atomic mass is 16.5. The number of amides is 1. The minimum absolute atomic E-state index is 0.0238. The zero-order valence-electron chi connectivity index (χ0n) is 13.6. The van der Waals surface area contributed by atoms with E-state index in [1.807, 2.05) is 6.07 Å². The van der Waals surface area contributed by atoms with Gasteiger partial charge in [-0.15, -0.1) is 0 Å². The molecule has 0 aromatic heterocycles. The first-order valence-electron chi connectivity index (χ1n) is 8.46. The van der Waals surface area contributed by atoms with Crippen LogP contribution in [-0.4, -0.2) is 18.1 Å². The van der Waals surface area contributed by atoms with Crippen LogP contribution in [0.5, 0.6) is 11.5 Å². The summed E-state index contributed by atoms with van der Waals surface area (Å²) in [6.07, 6.45) is 3.22. The van der Waals surface area contributed by atoms with E-state index in [-0.39, 0.29) is 24.0 Å². The van der Waals surface area contributed by atoms with Crippen LogP contribution < -0.4 is 10.1 Å². The monoisotopic (exact) mass is 334 g/mol. The van der Waals surface area contributed by atoms with Crippen LogP contribution in [0.15, 0.2) is 48.5 Å². The molecule has 2 aliphatic heterocycles. The van der Waals surface area contributed by atoms with E-state index in [1.165, 1.54) is 0 Å². The minimum atomic E-state index is -0.0443. The van der Waals surface area contributed by atoms with Crippen molar-refractivity contribution in [3.05, 3.63) is 54.1 Å². The Morgan fingerprint density at radius 2 is 1.96 bits per heavy atom. The first kappa shape index (κ1) is 15.7. The molecule has 2 bridgehead atoms. The summed E-state index contributed by atoms with van der Waals surface area (Å²) in [5.74, 6) is 1.11. The van der Waals surface area contributed by atoms with Crippen molar-refractivity contribution < 1.29 is 14.3 Å². The van der Waals surface area contributed by atoms with Crippen LogP contribution in [0, 0.1) is 17.2 Å². The van der Waals surface area contributed by atoms with Gasteiger partial charge < -0.3 is 14.8 Å². The topological polar surface area (TPSA) is 71.3 Å². The second kappa shape index (κ2) is 6.58. The van der Waals surface area contributed by atoms with E-state index in [0.717, 1.165) is 24.9 Å². The Labute approximate surface area is 146 Å². The maximum atomic E-state index is 12.4. The van der Waals surface area contributed by atoms with Gasteiger partial charge in [-0.25, -0.2) is 0 Å². The molecule has 2 aromatic carbocycles. The standard InChI is InChI=1S/C20H18N2O3/c21-12-13-3-1-2-4-18(13)24-15-7-5-14(6-8-15)22-20(23)17-11-16-9-10-19(17)25-16/h1-8,16-17,19H,9-11H2,(H,22,23). The van der Waals surface area contributed by atoms with Crippen molar-refractivity contribution in [3.63, 3.8) is 0 Å². The molecular weight excluding hydrogens is 316 g/mol. The lowest BCUT2D eigenvalue weighted by atomic mass is 9.88. The van der Waals surface area contributed by atoms with E-state index in [2.05, 4.69) is 11.4 Å². The first-order valence-corrected chi connectivity index (χ1v) is 8.46. The average Bonchev–Trinajstić information content (AvgIpc) is 3.27. The third kappa shape index (κ3) is 3.21. The van der Waals surface area contributed by atoms with Gasteiger partial charge in [0.2, 0.25) is 5.91 Å². The van der Waals surface area contributed by atoms with Gasteiger partial charge in [0.25, 0.3) is 0 Å². The molecule has 25 heavy (non-hydrogen) atoms. The van der Waals surface area contributed by atoms with Crippen LogP contribution >= 0.6 is 0 Å². The highest BCUT2D eigenvalue weighted by Gasteiger charge is 2.44. The van der Waals surface area contributed by atoms with E-state index in [9.17, 15) is 4.79 Å². The summed E-state index contributed by atoms with van der Waals surface area (Å²) in [4.78, 5) is 12.4. The minimum Gasteiger partial charge on any atom is -0.456 e. The normalized spacial score (nSPS) is 23.9. The fourth-order valence-electron chi connectivity index (χ4n) is 3.53. The highest BCUT2D eigenvalue weighted by molar-refractivity contribution is 5.93. The summed E-state index contributed by atoms with van der Waals surface area (Å²) in [5, 5.41) is 12.1. The van der Waals surface area contributed by atoms with Gasteiger partial charge in [0.1, 0.15) is 17.6 Å². The molecule has 3 unspecified atom stereocenters. The molecule has 2 saturated heterocycles. The summed E-state index contributed by atoms with van der Waals surface area (Å²) in [6.45, 7) is 0. The largest absolute Gasteiger partial charge is 0.456 e. The fourth-order valence-corrected chi connectivity index (χ4v) is 3.53. The van der Waals surface area contributed by atoms with Gasteiger partial charge in [-0.05, 0) is 55.7 Å². The van der Waals surface area contributed by atoms with Crippen LogP contribution in [0.2, 0.25) is 0 Å². The zero-order valence-corrected chi connectivity index (χ0v) is 13.6. The maximum Gasteiger partial charge on any atom is 0.230 e. The van der Waals surface area contributed by atoms with Crippen LogP contribution in [0.3, 0.4) is 0 Å². The van der Waals surface area contributed by atoms with E-state index in [1.54, 1.807) is 42.5 Å². The van der Waals surface area contributed by atoms with Crippen molar-refractivity contribution in [2.45, 2.75) is 31.5 Å². The smallest absolute Gasteiger partial charge is 0.230 e. The molecule has 0 saturated carbocycles. The summed E-state index contributed by atoms with van der Waals surface area (Å²) >= 11 is 0. The van der Waals surface area contributed by atoms with Gasteiger partial charge in [-0.1, -0.05) is 12.1 Å². The molecule has 0 aliphatic carbocycles. The van der Waals surface area contributed by atoms with Crippen molar-refractivity contribution in [1.29, 1.82) is 5.26 Å². The molecule has 126 valence electrons. The molecule has 4 rings (SSSR count). The average molecular weight is 334 g/mol. The number of carbonyl (C=O) groups excluding carboxylic acids is 1. The van der Waals surface area contributed by atoms with Gasteiger partial charge in [-0.2, -0.15) is 5.26 Å². The molecule has 2 aliphatic rings. The number of fused-ring (bicyclic) bond motifs is 2. The summed E-state index contributed by atoms with van der Waals surface area (Å²) in [5.41, 5.74) is 1.21. The molecule has 1 N–H and O–H groups in total. The number of nitrogens with zero attached hydrogens (tertiary/aromatic N) is 1. The van der Waals surface area contributed by atoms with Gasteiger partial charge in [0.05, 0.1) is 23.7 Å². The lowest BCUT2D eigenvalue weighted by Crippen LogP contribution is -2.30. The number of nitrogens with one attached hydrogen (secondary N) is 1. The predicted octanol–water partition coefficient (Wildman–Crippen LogP) is 3.86. The summed E-state index contributed by atoms with van der Waals surface area (Å²) < 4.78 is 11.5. The van der Waals surface area contributed by atoms with Crippen molar-refractivity contribution in [1.82, 2.24) is 0 Å². The molecular formula is C20H18N2O3. The fraction of sp³-hybridized carbons (Fsp3) is 0.300. The van der Waals surface area contributed by atoms with Gasteiger partial charge >= 0.3 is 0 Å². The highest BCUT2D eigenvalue weighted by Crippen LogP contribution is 2.39. The molecule has 5 nitrogen and oxygen atoms in total. The number of hydrogen-bond donors (Lipinski definition) is 1. The van der Waals surface area contributed by atoms with Crippen LogP contribution in [0.1, 0.15) is 24.8 Å².